The number of nitrogens with zero attached hydrogens (tertiary/aromatic N) is 2. The normalized spacial score (nSPS) is 10.7. The molecule has 0 spiro atoms. The SMILES string of the molecule is COCCN(CC(=O)N(Cc1ccc(F)cc1)Cc1sccc1C)C(=O)c1ccc(OC)cc1. The van der Waals surface area contributed by atoms with Gasteiger partial charge in [0.15, 0.2) is 0 Å². The zero-order chi connectivity index (χ0) is 24.5. The van der Waals surface area contributed by atoms with Crippen molar-refractivity contribution in [2.75, 3.05) is 33.9 Å². The summed E-state index contributed by atoms with van der Waals surface area (Å²) in [7, 11) is 3.11. The van der Waals surface area contributed by atoms with E-state index < -0.39 is 0 Å². The largest absolute Gasteiger partial charge is 0.497 e. The highest BCUT2D eigenvalue weighted by atomic mass is 32.1. The Morgan fingerprint density at radius 1 is 0.941 bits per heavy atom. The molecule has 2 aromatic carbocycles. The van der Waals surface area contributed by atoms with E-state index in [1.54, 1.807) is 66.9 Å². The fourth-order valence-electron chi connectivity index (χ4n) is 3.42. The van der Waals surface area contributed by atoms with Crippen LogP contribution in [0, 0.1) is 12.7 Å². The number of hydrogen-bond acceptors (Lipinski definition) is 5. The lowest BCUT2D eigenvalue weighted by atomic mass is 10.1. The van der Waals surface area contributed by atoms with Crippen LogP contribution in [0.3, 0.4) is 0 Å². The highest BCUT2D eigenvalue weighted by Crippen LogP contribution is 2.20. The summed E-state index contributed by atoms with van der Waals surface area (Å²) >= 11 is 1.58. The number of benzene rings is 2. The van der Waals surface area contributed by atoms with Gasteiger partial charge in [-0.3, -0.25) is 9.59 Å². The van der Waals surface area contributed by atoms with Crippen molar-refractivity contribution in [1.29, 1.82) is 0 Å². The molecule has 0 aliphatic rings. The van der Waals surface area contributed by atoms with Crippen molar-refractivity contribution >= 4 is 23.2 Å². The summed E-state index contributed by atoms with van der Waals surface area (Å²) in [6, 6.07) is 14.9. The number of carbonyl (C=O) groups is 2. The predicted molar refractivity (Wildman–Crippen MR) is 130 cm³/mol. The van der Waals surface area contributed by atoms with Gasteiger partial charge >= 0.3 is 0 Å². The first-order valence-corrected chi connectivity index (χ1v) is 11.8. The maximum Gasteiger partial charge on any atom is 0.254 e. The summed E-state index contributed by atoms with van der Waals surface area (Å²) < 4.78 is 23.7. The minimum Gasteiger partial charge on any atom is -0.497 e. The van der Waals surface area contributed by atoms with Gasteiger partial charge in [-0.2, -0.15) is 0 Å². The van der Waals surface area contributed by atoms with E-state index in [-0.39, 0.29) is 30.7 Å². The standard InChI is InChI=1S/C26H29FN2O4S/c1-19-12-15-34-24(19)17-29(16-20-4-8-22(27)9-5-20)25(30)18-28(13-14-32-2)26(31)21-6-10-23(33-3)11-7-21/h4-12,15H,13-14,16-18H2,1-3H3. The Morgan fingerprint density at radius 3 is 2.24 bits per heavy atom. The van der Waals surface area contributed by atoms with Gasteiger partial charge in [-0.1, -0.05) is 12.1 Å². The number of aryl methyl sites for hydroxylation is 1. The summed E-state index contributed by atoms with van der Waals surface area (Å²) in [4.78, 5) is 30.9. The second kappa shape index (κ2) is 12.3. The van der Waals surface area contributed by atoms with Gasteiger partial charge < -0.3 is 19.3 Å². The number of ether oxygens (including phenoxy) is 2. The Morgan fingerprint density at radius 2 is 1.65 bits per heavy atom. The van der Waals surface area contributed by atoms with E-state index in [0.29, 0.717) is 31.0 Å². The van der Waals surface area contributed by atoms with E-state index in [4.69, 9.17) is 9.47 Å². The summed E-state index contributed by atoms with van der Waals surface area (Å²) in [6.07, 6.45) is 0. The van der Waals surface area contributed by atoms with Gasteiger partial charge in [0, 0.05) is 30.6 Å². The van der Waals surface area contributed by atoms with E-state index in [1.165, 1.54) is 17.0 Å². The van der Waals surface area contributed by atoms with Crippen LogP contribution in [0.5, 0.6) is 5.75 Å². The molecule has 1 aromatic heterocycles. The van der Waals surface area contributed by atoms with E-state index in [0.717, 1.165) is 16.0 Å². The number of thiophene rings is 1. The lowest BCUT2D eigenvalue weighted by molar-refractivity contribution is -0.133. The molecular weight excluding hydrogens is 455 g/mol. The molecule has 0 unspecified atom stereocenters. The second-order valence-corrected chi connectivity index (χ2v) is 8.85. The third kappa shape index (κ3) is 6.88. The fraction of sp³-hybridized carbons (Fsp3) is 0.308. The van der Waals surface area contributed by atoms with Crippen LogP contribution in [0.1, 0.15) is 26.4 Å². The lowest BCUT2D eigenvalue weighted by Gasteiger charge is -2.28. The molecule has 2 amide bonds. The highest BCUT2D eigenvalue weighted by molar-refractivity contribution is 7.10. The monoisotopic (exact) mass is 484 g/mol. The molecule has 0 fully saturated rings. The Labute approximate surface area is 203 Å². The molecule has 0 saturated carbocycles. The number of hydrogen-bond donors (Lipinski definition) is 0. The van der Waals surface area contributed by atoms with Gasteiger partial charge in [0.05, 0.1) is 20.3 Å². The Bertz CT molecular complexity index is 1080. The minimum atomic E-state index is -0.327. The maximum absolute atomic E-state index is 13.5. The van der Waals surface area contributed by atoms with Gasteiger partial charge in [-0.25, -0.2) is 4.39 Å². The topological polar surface area (TPSA) is 59.1 Å². The number of methoxy groups -OCH3 is 2. The zero-order valence-corrected chi connectivity index (χ0v) is 20.4. The minimum absolute atomic E-state index is 0.0974. The lowest BCUT2D eigenvalue weighted by Crippen LogP contribution is -2.43. The summed E-state index contributed by atoms with van der Waals surface area (Å²) in [5, 5.41) is 1.99. The van der Waals surface area contributed by atoms with Crippen LogP contribution in [-0.4, -0.2) is 55.5 Å². The van der Waals surface area contributed by atoms with Crippen LogP contribution >= 0.6 is 11.3 Å². The third-order valence-corrected chi connectivity index (χ3v) is 6.47. The van der Waals surface area contributed by atoms with Gasteiger partial charge in [0.2, 0.25) is 5.91 Å². The highest BCUT2D eigenvalue weighted by Gasteiger charge is 2.23. The quantitative estimate of drug-likeness (QED) is 0.402. The van der Waals surface area contributed by atoms with Crippen LogP contribution in [0.25, 0.3) is 0 Å². The first kappa shape index (κ1) is 25.4. The van der Waals surface area contributed by atoms with Crippen molar-refractivity contribution in [2.45, 2.75) is 20.0 Å². The molecule has 0 saturated heterocycles. The number of halogens is 1. The molecule has 0 aliphatic carbocycles. The van der Waals surface area contributed by atoms with E-state index in [1.807, 2.05) is 18.4 Å². The Kier molecular flexibility index (Phi) is 9.18. The first-order valence-electron chi connectivity index (χ1n) is 10.9. The van der Waals surface area contributed by atoms with Crippen molar-refractivity contribution in [1.82, 2.24) is 9.80 Å². The molecule has 3 aromatic rings. The molecule has 180 valence electrons. The van der Waals surface area contributed by atoms with Crippen LogP contribution in [-0.2, 0) is 22.6 Å². The molecule has 6 nitrogen and oxygen atoms in total. The molecule has 34 heavy (non-hydrogen) atoms. The molecule has 1 heterocycles. The molecule has 0 atom stereocenters. The molecule has 0 aliphatic heterocycles. The van der Waals surface area contributed by atoms with E-state index >= 15 is 0 Å². The molecule has 0 N–H and O–H groups in total. The van der Waals surface area contributed by atoms with Crippen molar-refractivity contribution in [3.8, 4) is 5.75 Å². The molecule has 0 bridgehead atoms. The van der Waals surface area contributed by atoms with Gasteiger partial charge in [-0.05, 0) is 65.9 Å². The van der Waals surface area contributed by atoms with Crippen molar-refractivity contribution in [3.05, 3.63) is 87.4 Å². The smallest absolute Gasteiger partial charge is 0.254 e. The molecular formula is C26H29FN2O4S. The Balaban J connectivity index is 1.81. The molecule has 0 radical (unpaired) electrons. The van der Waals surface area contributed by atoms with Crippen LogP contribution in [0.15, 0.2) is 60.0 Å². The van der Waals surface area contributed by atoms with E-state index in [9.17, 15) is 14.0 Å². The molecule has 8 heteroatoms. The van der Waals surface area contributed by atoms with Gasteiger partial charge in [0.25, 0.3) is 5.91 Å². The number of amides is 2. The summed E-state index contributed by atoms with van der Waals surface area (Å²) in [5.74, 6) is -0.142. The van der Waals surface area contributed by atoms with Crippen molar-refractivity contribution < 1.29 is 23.5 Å². The number of carbonyl (C=O) groups excluding carboxylic acids is 2. The average molecular weight is 485 g/mol. The summed E-state index contributed by atoms with van der Waals surface area (Å²) in [6.45, 7) is 3.21. The predicted octanol–water partition coefficient (Wildman–Crippen LogP) is 4.52. The third-order valence-electron chi connectivity index (χ3n) is 5.46. The van der Waals surface area contributed by atoms with Crippen LogP contribution in [0.2, 0.25) is 0 Å². The maximum atomic E-state index is 13.5. The second-order valence-electron chi connectivity index (χ2n) is 7.85. The van der Waals surface area contributed by atoms with Crippen molar-refractivity contribution in [3.63, 3.8) is 0 Å². The van der Waals surface area contributed by atoms with Gasteiger partial charge in [-0.15, -0.1) is 11.3 Å². The molecule has 3 rings (SSSR count). The van der Waals surface area contributed by atoms with Crippen molar-refractivity contribution in [2.24, 2.45) is 0 Å². The van der Waals surface area contributed by atoms with E-state index in [2.05, 4.69) is 0 Å². The van der Waals surface area contributed by atoms with Gasteiger partial charge in [0.1, 0.15) is 18.1 Å². The summed E-state index contributed by atoms with van der Waals surface area (Å²) in [5.41, 5.74) is 2.38. The Hall–Kier alpha value is -3.23. The number of rotatable bonds is 11. The zero-order valence-electron chi connectivity index (χ0n) is 19.6. The average Bonchev–Trinajstić information content (AvgIpc) is 3.26. The first-order chi connectivity index (χ1) is 16.4. The van der Waals surface area contributed by atoms with Crippen LogP contribution < -0.4 is 4.74 Å². The fourth-order valence-corrected chi connectivity index (χ4v) is 4.34. The van der Waals surface area contributed by atoms with Crippen LogP contribution in [0.4, 0.5) is 4.39 Å².